The Bertz CT molecular complexity index is 1690. The average molecular weight is 717 g/mol. The number of nitrogens with one attached hydrogen (secondary N) is 1. The molecule has 2 atom stereocenters. The van der Waals surface area contributed by atoms with Gasteiger partial charge in [-0.2, -0.15) is 5.26 Å². The number of pyridine rings is 1. The molecule has 51 heavy (non-hydrogen) atoms. The van der Waals surface area contributed by atoms with Crippen LogP contribution >= 0.6 is 0 Å². The quantitative estimate of drug-likeness (QED) is 0.167. The van der Waals surface area contributed by atoms with Gasteiger partial charge in [-0.25, -0.2) is 19.3 Å². The highest BCUT2D eigenvalue weighted by Gasteiger charge is 2.43. The smallest absolute Gasteiger partial charge is 0.320 e. The minimum atomic E-state index is -1.97. The number of carbonyl (C=O) groups is 1. The lowest BCUT2D eigenvalue weighted by molar-refractivity contribution is -0.156. The van der Waals surface area contributed by atoms with Crippen LogP contribution < -0.4 is 10.2 Å². The second-order valence-electron chi connectivity index (χ2n) is 16.2. The van der Waals surface area contributed by atoms with Gasteiger partial charge in [-0.15, -0.1) is 0 Å². The molecule has 1 N–H and O–H groups in total. The summed E-state index contributed by atoms with van der Waals surface area (Å²) in [5.74, 6) is 0.722. The van der Waals surface area contributed by atoms with E-state index in [9.17, 15) is 14.4 Å². The molecule has 11 nitrogen and oxygen atoms in total. The van der Waals surface area contributed by atoms with Crippen LogP contribution in [0, 0.1) is 17.1 Å². The highest BCUT2D eigenvalue weighted by molar-refractivity contribution is 6.74. The Morgan fingerprint density at radius 2 is 1.69 bits per heavy atom. The van der Waals surface area contributed by atoms with E-state index in [1.165, 1.54) is 6.07 Å². The van der Waals surface area contributed by atoms with Crippen LogP contribution in [-0.2, 0) is 20.5 Å². The number of hydrogen-bond donors (Lipinski definition) is 1. The zero-order valence-corrected chi connectivity index (χ0v) is 32.4. The predicted octanol–water partition coefficient (Wildman–Crippen LogP) is 6.76. The number of esters is 1. The first-order valence-corrected chi connectivity index (χ1v) is 20.7. The van der Waals surface area contributed by atoms with E-state index >= 15 is 0 Å². The van der Waals surface area contributed by atoms with Crippen LogP contribution in [0.5, 0.6) is 0 Å². The molecule has 0 bridgehead atoms. The van der Waals surface area contributed by atoms with E-state index in [2.05, 4.69) is 64.9 Å². The predicted molar refractivity (Wildman–Crippen MR) is 201 cm³/mol. The number of benzene rings is 1. The number of carbonyl (C=O) groups excluding carboxylic acids is 1. The molecular formula is C38H53FN8O3Si. The molecule has 2 fully saturated rings. The minimum absolute atomic E-state index is 0.00159. The third-order valence-electron chi connectivity index (χ3n) is 9.91. The summed E-state index contributed by atoms with van der Waals surface area (Å²) in [5, 5.41) is 13.0. The molecule has 0 amide bonds. The molecule has 0 radical (unpaired) electrons. The summed E-state index contributed by atoms with van der Waals surface area (Å²) in [6.07, 6.45) is 6.53. The molecule has 3 aromatic rings. The Labute approximate surface area is 303 Å². The molecule has 2 aliphatic heterocycles. The van der Waals surface area contributed by atoms with Crippen LogP contribution in [0.4, 0.5) is 21.8 Å². The number of rotatable bonds is 11. The van der Waals surface area contributed by atoms with Gasteiger partial charge in [0.05, 0.1) is 25.1 Å². The van der Waals surface area contributed by atoms with Gasteiger partial charge in [-0.05, 0) is 81.2 Å². The zero-order chi connectivity index (χ0) is 37.0. The molecule has 13 heteroatoms. The summed E-state index contributed by atoms with van der Waals surface area (Å²) < 4.78 is 27.1. The van der Waals surface area contributed by atoms with Crippen molar-refractivity contribution in [3.8, 4) is 17.2 Å². The number of halogens is 1. The van der Waals surface area contributed by atoms with Crippen molar-refractivity contribution in [3.05, 3.63) is 60.3 Å². The lowest BCUT2D eigenvalue weighted by atomic mass is 10.1. The van der Waals surface area contributed by atoms with E-state index in [4.69, 9.17) is 19.1 Å². The SMILES string of the molecule is CC(C)(C)OC(=O)CN1CCN(Cc2cc(Nc3cc(-c4cnc(N5CC(O[Si](C)(C)C(C)(C)C)CC5CC#N)nc4)ccn3)ccc2F)CC1. The first kappa shape index (κ1) is 38.3. The number of piperazine rings is 1. The van der Waals surface area contributed by atoms with Gasteiger partial charge >= 0.3 is 5.97 Å². The van der Waals surface area contributed by atoms with Crippen LogP contribution in [-0.4, -0.2) is 96.1 Å². The molecule has 5 rings (SSSR count). The van der Waals surface area contributed by atoms with Crippen molar-refractivity contribution in [2.24, 2.45) is 0 Å². The van der Waals surface area contributed by atoms with Crippen molar-refractivity contribution in [3.63, 3.8) is 0 Å². The first-order chi connectivity index (χ1) is 24.0. The third kappa shape index (κ3) is 10.3. The van der Waals surface area contributed by atoms with Crippen LogP contribution in [0.1, 0.15) is 59.9 Å². The van der Waals surface area contributed by atoms with Gasteiger partial charge in [0.1, 0.15) is 17.2 Å². The van der Waals surface area contributed by atoms with E-state index < -0.39 is 13.9 Å². The molecule has 1 aromatic carbocycles. The van der Waals surface area contributed by atoms with Crippen molar-refractivity contribution in [2.45, 2.75) is 96.8 Å². The standard InChI is InChI=1S/C38H53FN8O3Si/c1-37(2,3)49-35(48)26-46-17-15-45(16-18-46)24-28-19-30(9-10-33(28)39)44-34-20-27(12-14-41-34)29-22-42-36(43-23-29)47-25-32(21-31(47)11-13-40)50-51(7,8)38(4,5)6/h9-10,12,14,19-20,22-23,31-32H,11,15-18,21,24-26H2,1-8H3,(H,41,44). The molecule has 2 saturated heterocycles. The maximum atomic E-state index is 14.9. The van der Waals surface area contributed by atoms with Crippen molar-refractivity contribution < 1.29 is 18.3 Å². The van der Waals surface area contributed by atoms with E-state index in [-0.39, 0.29) is 35.5 Å². The van der Waals surface area contributed by atoms with Gasteiger partial charge in [0.15, 0.2) is 8.32 Å². The topological polar surface area (TPSA) is 120 Å². The second-order valence-corrected chi connectivity index (χ2v) is 20.9. The van der Waals surface area contributed by atoms with Crippen molar-refractivity contribution in [2.75, 3.05) is 49.5 Å². The van der Waals surface area contributed by atoms with Gasteiger partial charge < -0.3 is 19.4 Å². The highest BCUT2D eigenvalue weighted by Crippen LogP contribution is 2.39. The number of hydrogen-bond acceptors (Lipinski definition) is 11. The van der Waals surface area contributed by atoms with Crippen molar-refractivity contribution in [1.29, 1.82) is 5.26 Å². The maximum Gasteiger partial charge on any atom is 0.320 e. The highest BCUT2D eigenvalue weighted by atomic mass is 28.4. The van der Waals surface area contributed by atoms with Crippen LogP contribution in [0.25, 0.3) is 11.1 Å². The molecule has 0 aliphatic carbocycles. The van der Waals surface area contributed by atoms with E-state index in [1.54, 1.807) is 24.7 Å². The van der Waals surface area contributed by atoms with Gasteiger partial charge in [0.2, 0.25) is 5.95 Å². The Kier molecular flexibility index (Phi) is 11.8. The summed E-state index contributed by atoms with van der Waals surface area (Å²) in [6.45, 7) is 21.1. The number of anilines is 3. The molecule has 2 aliphatic rings. The van der Waals surface area contributed by atoms with E-state index in [0.717, 1.165) is 36.3 Å². The molecule has 274 valence electrons. The van der Waals surface area contributed by atoms with Crippen molar-refractivity contribution >= 4 is 31.7 Å². The lowest BCUT2D eigenvalue weighted by Gasteiger charge is -2.38. The Hall–Kier alpha value is -3.96. The van der Waals surface area contributed by atoms with Gasteiger partial charge in [-0.3, -0.25) is 14.6 Å². The fourth-order valence-electron chi connectivity index (χ4n) is 6.22. The van der Waals surface area contributed by atoms with Gasteiger partial charge in [0, 0.05) is 80.7 Å². The largest absolute Gasteiger partial charge is 0.459 e. The summed E-state index contributed by atoms with van der Waals surface area (Å²) >= 11 is 0. The Morgan fingerprint density at radius 1 is 1.00 bits per heavy atom. The van der Waals surface area contributed by atoms with Gasteiger partial charge in [0.25, 0.3) is 0 Å². The van der Waals surface area contributed by atoms with E-state index in [1.807, 2.05) is 39.0 Å². The minimum Gasteiger partial charge on any atom is -0.459 e. The summed E-state index contributed by atoms with van der Waals surface area (Å²) in [7, 11) is -1.97. The first-order valence-electron chi connectivity index (χ1n) is 17.8. The van der Waals surface area contributed by atoms with Crippen LogP contribution in [0.2, 0.25) is 18.1 Å². The molecule has 2 unspecified atom stereocenters. The number of nitrogens with zero attached hydrogens (tertiary/aromatic N) is 7. The fraction of sp³-hybridized carbons (Fsp3) is 0.553. The van der Waals surface area contributed by atoms with E-state index in [0.29, 0.717) is 49.9 Å². The number of nitriles is 1. The van der Waals surface area contributed by atoms with Crippen LogP contribution in [0.15, 0.2) is 48.9 Å². The maximum absolute atomic E-state index is 14.9. The molecular weight excluding hydrogens is 664 g/mol. The third-order valence-corrected chi connectivity index (χ3v) is 14.4. The zero-order valence-electron chi connectivity index (χ0n) is 31.4. The summed E-state index contributed by atoms with van der Waals surface area (Å²) in [4.78, 5) is 32.6. The average Bonchev–Trinajstić information content (AvgIpc) is 3.44. The number of aromatic nitrogens is 3. The fourth-order valence-corrected chi connectivity index (χ4v) is 7.58. The van der Waals surface area contributed by atoms with Crippen LogP contribution in [0.3, 0.4) is 0 Å². The normalized spacial score (nSPS) is 19.2. The lowest BCUT2D eigenvalue weighted by Crippen LogP contribution is -2.48. The summed E-state index contributed by atoms with van der Waals surface area (Å²) in [6, 6.07) is 11.2. The second kappa shape index (κ2) is 15.7. The number of ether oxygens (including phenoxy) is 1. The molecule has 4 heterocycles. The summed E-state index contributed by atoms with van der Waals surface area (Å²) in [5.41, 5.74) is 2.54. The Balaban J connectivity index is 1.20. The molecule has 0 saturated carbocycles. The van der Waals surface area contributed by atoms with Gasteiger partial charge in [-0.1, -0.05) is 20.8 Å². The van der Waals surface area contributed by atoms with Crippen molar-refractivity contribution in [1.82, 2.24) is 24.8 Å². The molecule has 2 aromatic heterocycles. The molecule has 0 spiro atoms. The monoisotopic (exact) mass is 716 g/mol. The Morgan fingerprint density at radius 3 is 2.33 bits per heavy atom.